The van der Waals surface area contributed by atoms with E-state index in [9.17, 15) is 14.7 Å². The van der Waals surface area contributed by atoms with Gasteiger partial charge in [-0.1, -0.05) is 23.7 Å². The zero-order valence-electron chi connectivity index (χ0n) is 18.9. The van der Waals surface area contributed by atoms with Crippen LogP contribution in [0.2, 0.25) is 5.02 Å². The van der Waals surface area contributed by atoms with Crippen molar-refractivity contribution < 1.29 is 19.4 Å². The number of nitrogens with zero attached hydrogens (tertiary/aromatic N) is 2. The van der Waals surface area contributed by atoms with E-state index in [1.54, 1.807) is 24.3 Å². The fourth-order valence-electron chi connectivity index (χ4n) is 4.05. The number of nitrogens with two attached hydrogens (primary N) is 1. The third-order valence-electron chi connectivity index (χ3n) is 6.00. The zero-order chi connectivity index (χ0) is 24.7. The second kappa shape index (κ2) is 11.6. The molecule has 180 valence electrons. The summed E-state index contributed by atoms with van der Waals surface area (Å²) in [6.07, 6.45) is 0.644. The second-order valence-corrected chi connectivity index (χ2v) is 8.67. The van der Waals surface area contributed by atoms with Crippen LogP contribution in [0.5, 0.6) is 5.75 Å². The molecule has 10 heteroatoms. The number of ether oxygens (including phenoxy) is 1. The summed E-state index contributed by atoms with van der Waals surface area (Å²) in [5.41, 5.74) is 7.80. The molecule has 0 spiro atoms. The molecule has 1 fully saturated rings. The molecule has 2 amide bonds. The molecule has 0 radical (unpaired) electrons. The summed E-state index contributed by atoms with van der Waals surface area (Å²) in [6.45, 7) is 2.61. The first-order valence-electron chi connectivity index (χ1n) is 10.9. The molecule has 1 atom stereocenters. The second-order valence-electron chi connectivity index (χ2n) is 8.26. The summed E-state index contributed by atoms with van der Waals surface area (Å²) in [7, 11) is 1.47. The number of nitriles is 1. The van der Waals surface area contributed by atoms with Crippen LogP contribution in [0.1, 0.15) is 40.4 Å². The number of nitrogen functional groups attached to an aromatic ring is 1. The van der Waals surface area contributed by atoms with Gasteiger partial charge in [0.1, 0.15) is 5.75 Å². The van der Waals surface area contributed by atoms with Crippen LogP contribution in [0.3, 0.4) is 0 Å². The average Bonchev–Trinajstić information content (AvgIpc) is 2.84. The minimum absolute atomic E-state index is 0.271. The Bertz CT molecular complexity index is 1060. The number of hydrogen-bond acceptors (Lipinski definition) is 6. The van der Waals surface area contributed by atoms with Gasteiger partial charge in [0.15, 0.2) is 0 Å². The van der Waals surface area contributed by atoms with Crippen molar-refractivity contribution >= 4 is 29.3 Å². The highest BCUT2D eigenvalue weighted by Crippen LogP contribution is 2.29. The zero-order valence-corrected chi connectivity index (χ0v) is 19.6. The molecule has 1 aliphatic rings. The van der Waals surface area contributed by atoms with Crippen LogP contribution in [0.4, 0.5) is 10.5 Å². The van der Waals surface area contributed by atoms with E-state index in [4.69, 9.17) is 27.3 Å². The van der Waals surface area contributed by atoms with Gasteiger partial charge in [0.2, 0.25) is 0 Å². The maximum atomic E-state index is 12.7. The Morgan fingerprint density at radius 2 is 1.97 bits per heavy atom. The van der Waals surface area contributed by atoms with Gasteiger partial charge in [-0.25, -0.2) is 4.79 Å². The molecule has 0 aromatic heterocycles. The van der Waals surface area contributed by atoms with Crippen LogP contribution in [0, 0.1) is 17.2 Å². The number of rotatable bonds is 8. The van der Waals surface area contributed by atoms with Gasteiger partial charge in [-0.05, 0) is 55.6 Å². The van der Waals surface area contributed by atoms with Gasteiger partial charge in [0, 0.05) is 19.2 Å². The van der Waals surface area contributed by atoms with Crippen molar-refractivity contribution in [1.82, 2.24) is 15.5 Å². The smallest absolute Gasteiger partial charge is 0.405 e. The molecule has 2 aromatic carbocycles. The monoisotopic (exact) mass is 485 g/mol. The highest BCUT2D eigenvalue weighted by Gasteiger charge is 2.24. The van der Waals surface area contributed by atoms with Crippen molar-refractivity contribution in [2.45, 2.75) is 18.9 Å². The van der Waals surface area contributed by atoms with Gasteiger partial charge in [0.25, 0.3) is 5.91 Å². The van der Waals surface area contributed by atoms with Crippen molar-refractivity contribution in [3.63, 3.8) is 0 Å². The molecule has 0 saturated carbocycles. The van der Waals surface area contributed by atoms with E-state index in [1.165, 1.54) is 19.2 Å². The number of benzene rings is 2. The maximum absolute atomic E-state index is 12.7. The summed E-state index contributed by atoms with van der Waals surface area (Å²) in [5, 5.41) is 24.1. The van der Waals surface area contributed by atoms with Crippen molar-refractivity contribution in [2.75, 3.05) is 39.0 Å². The number of halogens is 1. The highest BCUT2D eigenvalue weighted by atomic mass is 35.5. The molecule has 2 aromatic rings. The fraction of sp³-hybridized carbons (Fsp3) is 0.375. The molecule has 1 unspecified atom stereocenters. The van der Waals surface area contributed by atoms with Gasteiger partial charge < -0.3 is 31.1 Å². The average molecular weight is 486 g/mol. The van der Waals surface area contributed by atoms with Gasteiger partial charge >= 0.3 is 6.09 Å². The number of amides is 2. The number of likely N-dealkylation sites (tertiary alicyclic amines) is 1. The van der Waals surface area contributed by atoms with Crippen LogP contribution in [-0.4, -0.2) is 55.3 Å². The largest absolute Gasteiger partial charge is 0.496 e. The van der Waals surface area contributed by atoms with E-state index in [1.807, 2.05) is 0 Å². The molecular weight excluding hydrogens is 458 g/mol. The first-order valence-corrected chi connectivity index (χ1v) is 11.3. The summed E-state index contributed by atoms with van der Waals surface area (Å²) >= 11 is 6.06. The summed E-state index contributed by atoms with van der Waals surface area (Å²) < 4.78 is 5.25. The van der Waals surface area contributed by atoms with Gasteiger partial charge in [-0.15, -0.1) is 0 Å². The minimum atomic E-state index is -1.09. The van der Waals surface area contributed by atoms with Crippen LogP contribution in [0.25, 0.3) is 0 Å². The summed E-state index contributed by atoms with van der Waals surface area (Å²) in [5.74, 6) is 0.401. The number of anilines is 1. The number of carbonyl (C=O) groups is 2. The number of piperidine rings is 1. The molecule has 3 rings (SSSR count). The summed E-state index contributed by atoms with van der Waals surface area (Å²) in [4.78, 5) is 26.2. The predicted octanol–water partition coefficient (Wildman–Crippen LogP) is 3.25. The molecule has 9 nitrogen and oxygen atoms in total. The maximum Gasteiger partial charge on any atom is 0.405 e. The van der Waals surface area contributed by atoms with Crippen molar-refractivity contribution in [1.29, 1.82) is 5.26 Å². The first kappa shape index (κ1) is 25.1. The Hall–Kier alpha value is -3.48. The Labute approximate surface area is 203 Å². The normalized spacial score (nSPS) is 15.2. The molecule has 5 N–H and O–H groups in total. The molecule has 0 bridgehead atoms. The number of nitrogens with one attached hydrogen (secondary N) is 2. The number of methoxy groups -OCH3 is 1. The van der Waals surface area contributed by atoms with E-state index in [0.717, 1.165) is 31.5 Å². The van der Waals surface area contributed by atoms with Gasteiger partial charge in [-0.2, -0.15) is 5.26 Å². The Kier molecular flexibility index (Phi) is 8.57. The number of carboxylic acid groups (broad SMARTS) is 1. The fourth-order valence-corrected chi connectivity index (χ4v) is 4.22. The van der Waals surface area contributed by atoms with E-state index in [-0.39, 0.29) is 5.91 Å². The van der Waals surface area contributed by atoms with Crippen molar-refractivity contribution in [3.05, 3.63) is 58.1 Å². The van der Waals surface area contributed by atoms with Crippen molar-refractivity contribution in [2.24, 2.45) is 5.92 Å². The Balaban J connectivity index is 1.53. The third kappa shape index (κ3) is 6.53. The van der Waals surface area contributed by atoms with Crippen LogP contribution < -0.4 is 21.1 Å². The predicted molar refractivity (Wildman–Crippen MR) is 129 cm³/mol. The Morgan fingerprint density at radius 3 is 2.56 bits per heavy atom. The number of carbonyl (C=O) groups excluding carboxylic acids is 1. The topological polar surface area (TPSA) is 141 Å². The number of hydrogen-bond donors (Lipinski definition) is 4. The molecule has 1 aliphatic heterocycles. The van der Waals surface area contributed by atoms with Gasteiger partial charge in [0.05, 0.1) is 41.1 Å². The first-order chi connectivity index (χ1) is 16.3. The van der Waals surface area contributed by atoms with Crippen LogP contribution >= 0.6 is 11.6 Å². The van der Waals surface area contributed by atoms with E-state index >= 15 is 0 Å². The molecule has 34 heavy (non-hydrogen) atoms. The molecule has 1 heterocycles. The van der Waals surface area contributed by atoms with E-state index in [0.29, 0.717) is 46.6 Å². The van der Waals surface area contributed by atoms with Crippen LogP contribution in [0.15, 0.2) is 36.4 Å². The highest BCUT2D eigenvalue weighted by molar-refractivity contribution is 6.33. The molecule has 1 saturated heterocycles. The summed E-state index contributed by atoms with van der Waals surface area (Å²) in [6, 6.07) is 11.6. The minimum Gasteiger partial charge on any atom is -0.496 e. The van der Waals surface area contributed by atoms with Gasteiger partial charge in [-0.3, -0.25) is 4.79 Å². The van der Waals surface area contributed by atoms with E-state index < -0.39 is 12.1 Å². The third-order valence-corrected chi connectivity index (χ3v) is 6.33. The van der Waals surface area contributed by atoms with Crippen molar-refractivity contribution in [3.8, 4) is 11.8 Å². The lowest BCUT2D eigenvalue weighted by molar-refractivity contribution is 0.0932. The lowest BCUT2D eigenvalue weighted by Gasteiger charge is -2.34. The molecular formula is C24H28ClN5O4. The Morgan fingerprint density at radius 1 is 1.29 bits per heavy atom. The lowest BCUT2D eigenvalue weighted by atomic mass is 9.95. The van der Waals surface area contributed by atoms with Crippen LogP contribution in [-0.2, 0) is 0 Å². The quantitative estimate of drug-likeness (QED) is 0.420. The molecule has 0 aliphatic carbocycles. The van der Waals surface area contributed by atoms with E-state index in [2.05, 4.69) is 21.6 Å². The standard InChI is InChI=1S/C24H28ClN5O4/c1-34-22-11-20(27)19(25)10-18(22)23(31)28-13-16-6-8-30(9-7-16)14-21(29-24(32)33)17-4-2-15(12-26)3-5-17/h2-5,10-11,16,21,29H,6-9,13-14,27H2,1H3,(H,28,31)(H,32,33). The lowest BCUT2D eigenvalue weighted by Crippen LogP contribution is -2.43. The SMILES string of the molecule is COc1cc(N)c(Cl)cc1C(=O)NCC1CCN(CC(NC(=O)O)c2ccc(C#N)cc2)CC1.